The molecule has 2 aromatic rings. The molecule has 13 nitrogen and oxygen atoms in total. The number of nitrogens with two attached hydrogens (primary N) is 1. The van der Waals surface area contributed by atoms with Crippen LogP contribution in [-0.4, -0.2) is 94.8 Å². The van der Waals surface area contributed by atoms with E-state index in [1.165, 1.54) is 18.1 Å². The topological polar surface area (TPSA) is 206 Å². The molecule has 2 aromatic carbocycles. The van der Waals surface area contributed by atoms with Crippen LogP contribution in [0.4, 0.5) is 11.4 Å². The number of aromatic hydroxyl groups is 2. The fourth-order valence-electron chi connectivity index (χ4n) is 6.87. The molecular weight excluding hydrogens is 572 g/mol. The highest BCUT2D eigenvalue weighted by Gasteiger charge is 2.64. The lowest BCUT2D eigenvalue weighted by Gasteiger charge is -2.50. The summed E-state index contributed by atoms with van der Waals surface area (Å²) in [7, 11) is 8.12. The largest absolute Gasteiger partial charge is 0.508 e. The first-order chi connectivity index (χ1) is 20.6. The van der Waals surface area contributed by atoms with Gasteiger partial charge in [-0.25, -0.2) is 0 Å². The first kappa shape index (κ1) is 30.7. The van der Waals surface area contributed by atoms with Gasteiger partial charge in [-0.15, -0.1) is 0 Å². The van der Waals surface area contributed by atoms with Gasteiger partial charge >= 0.3 is 0 Å². The molecule has 8 N–H and O–H groups in total. The van der Waals surface area contributed by atoms with Gasteiger partial charge in [0.1, 0.15) is 22.8 Å². The molecule has 1 fully saturated rings. The Balaban J connectivity index is 1.64. The van der Waals surface area contributed by atoms with E-state index in [0.29, 0.717) is 22.6 Å². The summed E-state index contributed by atoms with van der Waals surface area (Å²) in [6, 6.07) is 5.38. The molecule has 1 unspecified atom stereocenters. The van der Waals surface area contributed by atoms with Crippen LogP contribution in [0, 0.1) is 11.8 Å². The summed E-state index contributed by atoms with van der Waals surface area (Å²) in [5, 5.41) is 59.2. The summed E-state index contributed by atoms with van der Waals surface area (Å²) in [6.07, 6.45) is 0.169. The van der Waals surface area contributed by atoms with Crippen molar-refractivity contribution in [2.24, 2.45) is 17.6 Å². The van der Waals surface area contributed by atoms with Crippen LogP contribution in [0.5, 0.6) is 17.2 Å². The second-order valence-corrected chi connectivity index (χ2v) is 11.9. The Morgan fingerprint density at radius 2 is 1.80 bits per heavy atom. The molecule has 0 aliphatic heterocycles. The summed E-state index contributed by atoms with van der Waals surface area (Å²) in [6.45, 7) is 0.172. The fourth-order valence-corrected chi connectivity index (χ4v) is 6.87. The number of benzene rings is 2. The van der Waals surface area contributed by atoms with Crippen molar-refractivity contribution < 1.29 is 44.7 Å². The van der Waals surface area contributed by atoms with Gasteiger partial charge < -0.3 is 46.2 Å². The van der Waals surface area contributed by atoms with Gasteiger partial charge in [0.05, 0.1) is 24.4 Å². The Bertz CT molecular complexity index is 1660. The third-order valence-electron chi connectivity index (χ3n) is 8.91. The Morgan fingerprint density at radius 1 is 1.11 bits per heavy atom. The van der Waals surface area contributed by atoms with Crippen molar-refractivity contribution in [2.75, 3.05) is 45.5 Å². The zero-order valence-electron chi connectivity index (χ0n) is 25.0. The number of primary amides is 1. The SMILES string of the molecule is COc1ccc(CNc2cc(N(C)C)c3c(c2O)C(O)=C2C(=O)[C@]4(O)C(O)=C(C(N)=O)C(=O)C(N(C)C)[C@@H]4C[C@@H]2C3)cc1O. The van der Waals surface area contributed by atoms with Crippen molar-refractivity contribution in [2.45, 2.75) is 31.0 Å². The number of carbonyl (C=O) groups excluding carboxylic acids is 3. The zero-order valence-corrected chi connectivity index (χ0v) is 25.0. The predicted molar refractivity (Wildman–Crippen MR) is 161 cm³/mol. The molecule has 44 heavy (non-hydrogen) atoms. The van der Waals surface area contributed by atoms with E-state index in [1.807, 2.05) is 0 Å². The smallest absolute Gasteiger partial charge is 0.255 e. The number of aliphatic hydroxyl groups excluding tert-OH is 2. The minimum Gasteiger partial charge on any atom is -0.508 e. The van der Waals surface area contributed by atoms with Crippen molar-refractivity contribution in [1.82, 2.24) is 4.90 Å². The van der Waals surface area contributed by atoms with Crippen molar-refractivity contribution in [3.8, 4) is 17.2 Å². The van der Waals surface area contributed by atoms with E-state index in [1.54, 1.807) is 51.3 Å². The zero-order chi connectivity index (χ0) is 32.4. The number of carbonyl (C=O) groups is 3. The van der Waals surface area contributed by atoms with E-state index in [2.05, 4.69) is 5.32 Å². The Labute approximate surface area is 253 Å². The van der Waals surface area contributed by atoms with Gasteiger partial charge in [0, 0.05) is 37.8 Å². The summed E-state index contributed by atoms with van der Waals surface area (Å²) < 4.78 is 5.08. The quantitative estimate of drug-likeness (QED) is 0.176. The molecule has 1 saturated carbocycles. The third kappa shape index (κ3) is 4.42. The Kier molecular flexibility index (Phi) is 7.50. The summed E-state index contributed by atoms with van der Waals surface area (Å²) in [5.74, 6) is -6.82. The summed E-state index contributed by atoms with van der Waals surface area (Å²) >= 11 is 0. The van der Waals surface area contributed by atoms with Crippen LogP contribution in [0.15, 0.2) is 41.2 Å². The maximum atomic E-state index is 14.1. The molecule has 0 bridgehead atoms. The molecule has 5 rings (SSSR count). The van der Waals surface area contributed by atoms with Gasteiger partial charge in [0.15, 0.2) is 22.9 Å². The molecule has 0 saturated heterocycles. The van der Waals surface area contributed by atoms with Crippen LogP contribution in [-0.2, 0) is 27.3 Å². The number of Topliss-reactive ketones (excluding diaryl/α,β-unsaturated/α-hetero) is 2. The van der Waals surface area contributed by atoms with Gasteiger partial charge in [0.25, 0.3) is 5.91 Å². The summed E-state index contributed by atoms with van der Waals surface area (Å²) in [5.41, 5.74) is 3.65. The predicted octanol–water partition coefficient (Wildman–Crippen LogP) is 1.36. The number of aliphatic hydroxyl groups is 3. The molecule has 4 atom stereocenters. The second-order valence-electron chi connectivity index (χ2n) is 11.9. The van der Waals surface area contributed by atoms with E-state index in [-0.39, 0.29) is 47.7 Å². The first-order valence-corrected chi connectivity index (χ1v) is 14.0. The van der Waals surface area contributed by atoms with Gasteiger partial charge in [-0.3, -0.25) is 19.3 Å². The van der Waals surface area contributed by atoms with Gasteiger partial charge in [-0.05, 0) is 62.2 Å². The Hall–Kier alpha value is -4.75. The van der Waals surface area contributed by atoms with Crippen LogP contribution < -0.4 is 20.7 Å². The number of anilines is 2. The van der Waals surface area contributed by atoms with Crippen molar-refractivity contribution in [3.63, 3.8) is 0 Å². The standard InChI is InChI=1S/C31H36N4O9/c1-34(2)18-11-17(33-12-13-6-7-20(44-5)19(36)8-13)25(37)22-15(18)9-14-10-16-24(35(3)4)27(39)23(30(32)42)29(41)31(16,43)28(40)21(14)26(22)38/h6-8,11,14,16,24,33,36-38,41,43H,9-10,12H2,1-5H3,(H2,32,42)/t14-,16-,24?,31-/m0/s1. The van der Waals surface area contributed by atoms with Crippen LogP contribution in [0.25, 0.3) is 5.76 Å². The number of fused-ring (bicyclic) bond motifs is 3. The molecule has 0 aromatic heterocycles. The number of likely N-dealkylation sites (N-methyl/N-ethyl adjacent to an activating group) is 1. The minimum absolute atomic E-state index is 0.000354. The first-order valence-electron chi connectivity index (χ1n) is 14.0. The number of rotatable bonds is 7. The number of methoxy groups -OCH3 is 1. The lowest BCUT2D eigenvalue weighted by molar-refractivity contribution is -0.153. The Morgan fingerprint density at radius 3 is 2.36 bits per heavy atom. The molecule has 13 heteroatoms. The van der Waals surface area contributed by atoms with Gasteiger partial charge in [0.2, 0.25) is 5.78 Å². The van der Waals surface area contributed by atoms with Crippen LogP contribution in [0.1, 0.15) is 23.1 Å². The highest BCUT2D eigenvalue weighted by Crippen LogP contribution is 2.54. The van der Waals surface area contributed by atoms with E-state index < -0.39 is 58.0 Å². The number of phenolic OH excluding ortho intramolecular Hbond substituents is 2. The van der Waals surface area contributed by atoms with Crippen molar-refractivity contribution >= 4 is 34.6 Å². The van der Waals surface area contributed by atoms with Crippen LogP contribution >= 0.6 is 0 Å². The number of amides is 1. The maximum absolute atomic E-state index is 14.1. The van der Waals surface area contributed by atoms with Crippen LogP contribution in [0.3, 0.4) is 0 Å². The lowest BCUT2D eigenvalue weighted by Crippen LogP contribution is -2.65. The molecule has 1 amide bonds. The average molecular weight is 609 g/mol. The van der Waals surface area contributed by atoms with Crippen molar-refractivity contribution in [3.05, 3.63) is 57.9 Å². The van der Waals surface area contributed by atoms with E-state index in [4.69, 9.17) is 10.5 Å². The molecule has 3 aliphatic carbocycles. The van der Waals surface area contributed by atoms with E-state index >= 15 is 0 Å². The minimum atomic E-state index is -2.71. The monoisotopic (exact) mass is 608 g/mol. The average Bonchev–Trinajstić information content (AvgIpc) is 2.94. The number of hydrogen-bond donors (Lipinski definition) is 7. The number of hydrogen-bond acceptors (Lipinski definition) is 12. The fraction of sp³-hybridized carbons (Fsp3) is 0.387. The van der Waals surface area contributed by atoms with E-state index in [9.17, 15) is 39.9 Å². The highest BCUT2D eigenvalue weighted by molar-refractivity contribution is 6.24. The van der Waals surface area contributed by atoms with Crippen LogP contribution in [0.2, 0.25) is 0 Å². The number of nitrogens with one attached hydrogen (secondary N) is 1. The van der Waals surface area contributed by atoms with Gasteiger partial charge in [-0.1, -0.05) is 6.07 Å². The number of phenols is 2. The molecule has 0 spiro atoms. The van der Waals surface area contributed by atoms with Crippen molar-refractivity contribution in [1.29, 1.82) is 0 Å². The number of nitrogens with zero attached hydrogens (tertiary/aromatic N) is 2. The summed E-state index contributed by atoms with van der Waals surface area (Å²) in [4.78, 5) is 42.8. The third-order valence-corrected chi connectivity index (χ3v) is 8.91. The maximum Gasteiger partial charge on any atom is 0.255 e. The normalized spacial score (nSPS) is 24.6. The van der Waals surface area contributed by atoms with E-state index in [0.717, 1.165) is 0 Å². The number of ketones is 2. The lowest BCUT2D eigenvalue weighted by atomic mass is 9.57. The molecule has 0 heterocycles. The number of ether oxygens (including phenoxy) is 1. The molecular formula is C31H36N4O9. The molecule has 0 radical (unpaired) electrons. The second kappa shape index (κ2) is 10.8. The molecule has 234 valence electrons. The molecule has 3 aliphatic rings. The van der Waals surface area contributed by atoms with Gasteiger partial charge in [-0.2, -0.15) is 0 Å². The highest BCUT2D eigenvalue weighted by atomic mass is 16.5.